The number of para-hydroxylation sites is 2. The maximum atomic E-state index is 2.47. The lowest BCUT2D eigenvalue weighted by Gasteiger charge is -2.14. The van der Waals surface area contributed by atoms with Gasteiger partial charge >= 0.3 is 0 Å². The van der Waals surface area contributed by atoms with Crippen molar-refractivity contribution in [3.63, 3.8) is 0 Å². The number of hydrogen-bond donors (Lipinski definition) is 0. The van der Waals surface area contributed by atoms with Crippen LogP contribution in [0.4, 0.5) is 0 Å². The van der Waals surface area contributed by atoms with E-state index in [4.69, 9.17) is 0 Å². The predicted octanol–water partition coefficient (Wildman–Crippen LogP) is 14.0. The molecule has 2 aromatic heterocycles. The van der Waals surface area contributed by atoms with Crippen molar-refractivity contribution in [2.45, 2.75) is 12.8 Å². The summed E-state index contributed by atoms with van der Waals surface area (Å²) in [7, 11) is 0. The number of nitrogens with zero attached hydrogens (tertiary/aromatic N) is 2. The smallest absolute Gasteiger partial charge is 0.0546 e. The molecule has 1 aliphatic carbocycles. The molecule has 0 bridgehead atoms. The van der Waals surface area contributed by atoms with Crippen molar-refractivity contribution < 1.29 is 0 Å². The monoisotopic (exact) mass is 686 g/mol. The molecule has 1 aliphatic rings. The summed E-state index contributed by atoms with van der Waals surface area (Å²) >= 11 is 0. The lowest BCUT2D eigenvalue weighted by atomic mass is 9.97. The van der Waals surface area contributed by atoms with Crippen LogP contribution in [0, 0.1) is 0 Å². The molecule has 1 atom stereocenters. The second kappa shape index (κ2) is 11.1. The Labute approximate surface area is 312 Å². The molecule has 0 amide bonds. The summed E-state index contributed by atoms with van der Waals surface area (Å²) < 4.78 is 4.93. The maximum Gasteiger partial charge on any atom is 0.0546 e. The summed E-state index contributed by atoms with van der Waals surface area (Å²) in [6, 6.07) is 67.6. The first kappa shape index (κ1) is 29.7. The Hall–Kier alpha value is -6.90. The molecule has 0 saturated heterocycles. The van der Waals surface area contributed by atoms with Crippen LogP contribution >= 0.6 is 0 Å². The van der Waals surface area contributed by atoms with Crippen molar-refractivity contribution in [1.29, 1.82) is 0 Å². The Bertz CT molecular complexity index is 3340. The molecule has 1 unspecified atom stereocenters. The van der Waals surface area contributed by atoms with E-state index in [9.17, 15) is 0 Å². The topological polar surface area (TPSA) is 9.86 Å². The number of aromatic nitrogens is 2. The van der Waals surface area contributed by atoms with Crippen LogP contribution in [0.5, 0.6) is 0 Å². The van der Waals surface area contributed by atoms with Gasteiger partial charge in [0.25, 0.3) is 0 Å². The molecule has 0 N–H and O–H groups in total. The molecule has 9 aromatic carbocycles. The van der Waals surface area contributed by atoms with Crippen LogP contribution in [0.3, 0.4) is 0 Å². The van der Waals surface area contributed by atoms with Crippen LogP contribution < -0.4 is 0 Å². The highest BCUT2D eigenvalue weighted by molar-refractivity contribution is 6.16. The molecule has 0 fully saturated rings. The lowest BCUT2D eigenvalue weighted by Crippen LogP contribution is -1.96. The van der Waals surface area contributed by atoms with Crippen molar-refractivity contribution >= 4 is 65.2 Å². The van der Waals surface area contributed by atoms with E-state index >= 15 is 0 Å². The third kappa shape index (κ3) is 4.05. The SMILES string of the molecule is CC1c2ccccc2-c2cc3c4cc(-c5ccc6c(c5)c5ccccc5n6-c5cc6ccccc6c6ccccc56)ccc4n(-c4ccccc4)c3cc21. The standard InChI is InChI=1S/C52H34N2/c1-32-37-16-7-8-18-39(37)44-30-47-46-28-34(23-25-49(46)53(52(47)31-43(32)44)36-14-3-2-4-15-36)33-24-26-50-45(27-33)42-21-11-12-22-48(42)54(50)51-29-35-13-5-6-17-38(35)40-19-9-10-20-41(40)51/h2-32H,1H3. The molecular weight excluding hydrogens is 653 g/mol. The molecule has 12 rings (SSSR count). The van der Waals surface area contributed by atoms with Crippen LogP contribution in [-0.4, -0.2) is 9.13 Å². The quantitative estimate of drug-likeness (QED) is 0.164. The average molecular weight is 687 g/mol. The first-order chi connectivity index (χ1) is 26.7. The second-order valence-electron chi connectivity index (χ2n) is 14.9. The zero-order valence-corrected chi connectivity index (χ0v) is 29.8. The summed E-state index contributed by atoms with van der Waals surface area (Å²) in [6.45, 7) is 2.35. The minimum Gasteiger partial charge on any atom is -0.309 e. The van der Waals surface area contributed by atoms with Gasteiger partial charge in [0.1, 0.15) is 0 Å². The van der Waals surface area contributed by atoms with E-state index < -0.39 is 0 Å². The molecule has 2 nitrogen and oxygen atoms in total. The summed E-state index contributed by atoms with van der Waals surface area (Å²) in [6.07, 6.45) is 0. The highest BCUT2D eigenvalue weighted by atomic mass is 15.0. The number of rotatable bonds is 3. The van der Waals surface area contributed by atoms with Crippen molar-refractivity contribution in [2.75, 3.05) is 0 Å². The predicted molar refractivity (Wildman–Crippen MR) is 229 cm³/mol. The molecule has 0 spiro atoms. The van der Waals surface area contributed by atoms with Gasteiger partial charge in [-0.15, -0.1) is 0 Å². The molecule has 0 aliphatic heterocycles. The van der Waals surface area contributed by atoms with Crippen LogP contribution in [0.1, 0.15) is 24.0 Å². The molecule has 54 heavy (non-hydrogen) atoms. The highest BCUT2D eigenvalue weighted by Gasteiger charge is 2.27. The lowest BCUT2D eigenvalue weighted by molar-refractivity contribution is 0.957. The van der Waals surface area contributed by atoms with Crippen molar-refractivity contribution in [2.24, 2.45) is 0 Å². The minimum atomic E-state index is 0.361. The fourth-order valence-electron chi connectivity index (χ4n) is 9.63. The van der Waals surface area contributed by atoms with Crippen molar-refractivity contribution in [1.82, 2.24) is 9.13 Å². The van der Waals surface area contributed by atoms with Crippen LogP contribution in [-0.2, 0) is 0 Å². The van der Waals surface area contributed by atoms with Gasteiger partial charge in [-0.1, -0.05) is 128 Å². The Morgan fingerprint density at radius 3 is 1.76 bits per heavy atom. The van der Waals surface area contributed by atoms with Crippen molar-refractivity contribution in [3.8, 4) is 33.6 Å². The van der Waals surface area contributed by atoms with E-state index in [0.29, 0.717) is 5.92 Å². The van der Waals surface area contributed by atoms with Gasteiger partial charge in [0.15, 0.2) is 0 Å². The first-order valence-electron chi connectivity index (χ1n) is 18.9. The summed E-state index contributed by atoms with van der Waals surface area (Å²) in [5.41, 5.74) is 15.3. The average Bonchev–Trinajstić information content (AvgIpc) is 3.84. The third-order valence-corrected chi connectivity index (χ3v) is 12.1. The van der Waals surface area contributed by atoms with E-state index in [1.807, 2.05) is 0 Å². The Kier molecular flexibility index (Phi) is 6.07. The molecule has 11 aromatic rings. The van der Waals surface area contributed by atoms with Crippen LogP contribution in [0.2, 0.25) is 0 Å². The molecule has 0 saturated carbocycles. The summed E-state index contributed by atoms with van der Waals surface area (Å²) in [5.74, 6) is 0.361. The Balaban J connectivity index is 1.10. The zero-order chi connectivity index (χ0) is 35.5. The fraction of sp³-hybridized carbons (Fsp3) is 0.0385. The Morgan fingerprint density at radius 1 is 0.352 bits per heavy atom. The molecule has 252 valence electrons. The van der Waals surface area contributed by atoms with E-state index in [2.05, 4.69) is 198 Å². The van der Waals surface area contributed by atoms with Gasteiger partial charge in [-0.05, 0) is 110 Å². The van der Waals surface area contributed by atoms with Crippen LogP contribution in [0.25, 0.3) is 98.8 Å². The first-order valence-corrected chi connectivity index (χ1v) is 18.9. The largest absolute Gasteiger partial charge is 0.309 e. The molecule has 2 heterocycles. The van der Waals surface area contributed by atoms with E-state index in [-0.39, 0.29) is 0 Å². The fourth-order valence-corrected chi connectivity index (χ4v) is 9.63. The summed E-state index contributed by atoms with van der Waals surface area (Å²) in [5, 5.41) is 10.2. The molecular formula is C52H34N2. The van der Waals surface area contributed by atoms with Gasteiger partial charge < -0.3 is 9.13 Å². The maximum absolute atomic E-state index is 2.47. The Morgan fingerprint density at radius 2 is 0.944 bits per heavy atom. The van der Waals surface area contributed by atoms with Gasteiger partial charge in [-0.2, -0.15) is 0 Å². The summed E-state index contributed by atoms with van der Waals surface area (Å²) in [4.78, 5) is 0. The van der Waals surface area contributed by atoms with E-state index in [0.717, 1.165) is 0 Å². The third-order valence-electron chi connectivity index (χ3n) is 12.1. The van der Waals surface area contributed by atoms with E-state index in [1.165, 1.54) is 110 Å². The van der Waals surface area contributed by atoms with Crippen LogP contribution in [0.15, 0.2) is 182 Å². The second-order valence-corrected chi connectivity index (χ2v) is 14.9. The number of benzene rings is 9. The minimum absolute atomic E-state index is 0.361. The van der Waals surface area contributed by atoms with Gasteiger partial charge in [-0.25, -0.2) is 0 Å². The number of hydrogen-bond acceptors (Lipinski definition) is 0. The normalized spacial score (nSPS) is 13.8. The highest BCUT2D eigenvalue weighted by Crippen LogP contribution is 2.48. The molecule has 2 heteroatoms. The molecule has 0 radical (unpaired) electrons. The number of fused-ring (bicyclic) bond motifs is 12. The zero-order valence-electron chi connectivity index (χ0n) is 29.8. The van der Waals surface area contributed by atoms with Gasteiger partial charge in [-0.3, -0.25) is 0 Å². The van der Waals surface area contributed by atoms with Gasteiger partial charge in [0.2, 0.25) is 0 Å². The van der Waals surface area contributed by atoms with Gasteiger partial charge in [0, 0.05) is 38.5 Å². The van der Waals surface area contributed by atoms with E-state index in [1.54, 1.807) is 0 Å². The van der Waals surface area contributed by atoms with Crippen molar-refractivity contribution in [3.05, 3.63) is 193 Å². The van der Waals surface area contributed by atoms with Gasteiger partial charge in [0.05, 0.1) is 27.8 Å².